The largest absolute Gasteiger partial charge is 0.491 e. The minimum atomic E-state index is -0.544. The van der Waals surface area contributed by atoms with E-state index in [2.05, 4.69) is 20.8 Å². The monoisotopic (exact) mass is 385 g/mol. The molecule has 1 saturated heterocycles. The standard InChI is InChI=1S/C17H24BrNO4/c1-2-22-17(21)13-7-9-19(10-8-13)11-15(20)12-23-16-5-3-14(18)4-6-16/h3-6,13,15,20H,2,7-12H2,1H3. The van der Waals surface area contributed by atoms with E-state index in [-0.39, 0.29) is 18.5 Å². The Morgan fingerprint density at radius 1 is 1.35 bits per heavy atom. The third-order valence-corrected chi connectivity index (χ3v) is 4.46. The van der Waals surface area contributed by atoms with Crippen molar-refractivity contribution in [2.24, 2.45) is 5.92 Å². The molecule has 1 aromatic carbocycles. The number of likely N-dealkylation sites (tertiary alicyclic amines) is 1. The fraction of sp³-hybridized carbons (Fsp3) is 0.588. The van der Waals surface area contributed by atoms with Gasteiger partial charge in [0, 0.05) is 11.0 Å². The Morgan fingerprint density at radius 2 is 2.00 bits per heavy atom. The van der Waals surface area contributed by atoms with Gasteiger partial charge in [0.15, 0.2) is 0 Å². The van der Waals surface area contributed by atoms with E-state index in [1.54, 1.807) is 0 Å². The van der Waals surface area contributed by atoms with Crippen LogP contribution in [0.2, 0.25) is 0 Å². The van der Waals surface area contributed by atoms with Crippen LogP contribution in [0, 0.1) is 5.92 Å². The summed E-state index contributed by atoms with van der Waals surface area (Å²) in [4.78, 5) is 13.9. The fourth-order valence-electron chi connectivity index (χ4n) is 2.69. The number of hydrogen-bond donors (Lipinski definition) is 1. The van der Waals surface area contributed by atoms with Gasteiger partial charge in [0.05, 0.1) is 12.5 Å². The van der Waals surface area contributed by atoms with Crippen molar-refractivity contribution in [3.05, 3.63) is 28.7 Å². The van der Waals surface area contributed by atoms with Crippen LogP contribution in [0.3, 0.4) is 0 Å². The van der Waals surface area contributed by atoms with E-state index in [1.165, 1.54) is 0 Å². The van der Waals surface area contributed by atoms with Crippen molar-refractivity contribution >= 4 is 21.9 Å². The molecule has 128 valence electrons. The van der Waals surface area contributed by atoms with Gasteiger partial charge >= 0.3 is 5.97 Å². The predicted octanol–water partition coefficient (Wildman–Crippen LogP) is 2.46. The van der Waals surface area contributed by atoms with Crippen LogP contribution in [0.25, 0.3) is 0 Å². The summed E-state index contributed by atoms with van der Waals surface area (Å²) in [5.41, 5.74) is 0. The van der Waals surface area contributed by atoms with Gasteiger partial charge in [-0.2, -0.15) is 0 Å². The van der Waals surface area contributed by atoms with E-state index in [0.717, 1.165) is 36.2 Å². The number of rotatable bonds is 7. The summed E-state index contributed by atoms with van der Waals surface area (Å²) in [6, 6.07) is 7.53. The molecule has 2 rings (SSSR count). The molecular weight excluding hydrogens is 362 g/mol. The van der Waals surface area contributed by atoms with Crippen LogP contribution < -0.4 is 4.74 Å². The average Bonchev–Trinajstić information content (AvgIpc) is 2.55. The molecule has 1 fully saturated rings. The number of piperidine rings is 1. The molecule has 0 aliphatic carbocycles. The molecule has 0 bridgehead atoms. The van der Waals surface area contributed by atoms with E-state index < -0.39 is 6.10 Å². The number of nitrogens with zero attached hydrogens (tertiary/aromatic N) is 1. The van der Waals surface area contributed by atoms with Crippen molar-refractivity contribution in [2.75, 3.05) is 32.8 Å². The van der Waals surface area contributed by atoms with Crippen LogP contribution in [0.5, 0.6) is 5.75 Å². The zero-order valence-electron chi connectivity index (χ0n) is 13.4. The summed E-state index contributed by atoms with van der Waals surface area (Å²) < 4.78 is 11.6. The van der Waals surface area contributed by atoms with Gasteiger partial charge in [-0.05, 0) is 57.1 Å². The molecule has 0 aromatic heterocycles. The van der Waals surface area contributed by atoms with E-state index in [0.29, 0.717) is 13.2 Å². The number of hydrogen-bond acceptors (Lipinski definition) is 5. The Balaban J connectivity index is 1.67. The van der Waals surface area contributed by atoms with E-state index in [1.807, 2.05) is 31.2 Å². The third kappa shape index (κ3) is 6.12. The van der Waals surface area contributed by atoms with Crippen molar-refractivity contribution in [1.29, 1.82) is 0 Å². The lowest BCUT2D eigenvalue weighted by Gasteiger charge is -2.32. The quantitative estimate of drug-likeness (QED) is 0.730. The number of aliphatic hydroxyl groups is 1. The van der Waals surface area contributed by atoms with E-state index >= 15 is 0 Å². The molecule has 0 saturated carbocycles. The second kappa shape index (κ2) is 9.25. The summed E-state index contributed by atoms with van der Waals surface area (Å²) in [5.74, 6) is 0.655. The number of halogens is 1. The number of benzene rings is 1. The van der Waals surface area contributed by atoms with Gasteiger partial charge in [-0.3, -0.25) is 4.79 Å². The first-order chi connectivity index (χ1) is 11.1. The molecule has 1 N–H and O–H groups in total. The molecule has 0 amide bonds. The summed E-state index contributed by atoms with van der Waals surface area (Å²) in [5, 5.41) is 10.1. The molecule has 0 radical (unpaired) electrons. The zero-order chi connectivity index (χ0) is 16.7. The first kappa shape index (κ1) is 18.2. The van der Waals surface area contributed by atoms with Crippen molar-refractivity contribution in [3.8, 4) is 5.75 Å². The van der Waals surface area contributed by atoms with Crippen LogP contribution in [0.15, 0.2) is 28.7 Å². The number of aliphatic hydroxyl groups excluding tert-OH is 1. The highest BCUT2D eigenvalue weighted by molar-refractivity contribution is 9.10. The van der Waals surface area contributed by atoms with Crippen LogP contribution in [-0.4, -0.2) is 54.9 Å². The predicted molar refractivity (Wildman–Crippen MR) is 91.4 cm³/mol. The van der Waals surface area contributed by atoms with Crippen LogP contribution in [-0.2, 0) is 9.53 Å². The molecule has 1 atom stereocenters. The molecule has 1 aliphatic heterocycles. The normalized spacial score (nSPS) is 17.7. The van der Waals surface area contributed by atoms with Gasteiger partial charge < -0.3 is 19.5 Å². The van der Waals surface area contributed by atoms with Gasteiger partial charge in [-0.15, -0.1) is 0 Å². The Hall–Kier alpha value is -1.11. The van der Waals surface area contributed by atoms with Crippen molar-refractivity contribution in [3.63, 3.8) is 0 Å². The highest BCUT2D eigenvalue weighted by Crippen LogP contribution is 2.19. The zero-order valence-corrected chi connectivity index (χ0v) is 15.0. The molecule has 0 spiro atoms. The molecule has 1 aliphatic rings. The lowest BCUT2D eigenvalue weighted by atomic mass is 9.97. The van der Waals surface area contributed by atoms with Crippen molar-refractivity contribution < 1.29 is 19.4 Å². The molecule has 23 heavy (non-hydrogen) atoms. The third-order valence-electron chi connectivity index (χ3n) is 3.93. The van der Waals surface area contributed by atoms with Gasteiger partial charge in [0.1, 0.15) is 18.5 Å². The maximum absolute atomic E-state index is 11.7. The Bertz CT molecular complexity index is 486. The minimum Gasteiger partial charge on any atom is -0.491 e. The minimum absolute atomic E-state index is 0.00218. The van der Waals surface area contributed by atoms with E-state index in [4.69, 9.17) is 9.47 Å². The summed E-state index contributed by atoms with van der Waals surface area (Å²) in [6.45, 7) is 4.70. The topological polar surface area (TPSA) is 59.0 Å². The number of ether oxygens (including phenoxy) is 2. The molecule has 6 heteroatoms. The average molecular weight is 386 g/mol. The first-order valence-electron chi connectivity index (χ1n) is 8.04. The molecule has 1 aromatic rings. The Kier molecular flexibility index (Phi) is 7.33. The smallest absolute Gasteiger partial charge is 0.309 e. The van der Waals surface area contributed by atoms with Gasteiger partial charge in [-0.1, -0.05) is 15.9 Å². The lowest BCUT2D eigenvalue weighted by molar-refractivity contribution is -0.149. The number of esters is 1. The van der Waals surface area contributed by atoms with Crippen LogP contribution >= 0.6 is 15.9 Å². The van der Waals surface area contributed by atoms with Crippen LogP contribution in [0.4, 0.5) is 0 Å². The van der Waals surface area contributed by atoms with Gasteiger partial charge in [0.2, 0.25) is 0 Å². The van der Waals surface area contributed by atoms with E-state index in [9.17, 15) is 9.90 Å². The first-order valence-corrected chi connectivity index (χ1v) is 8.83. The number of carbonyl (C=O) groups excluding carboxylic acids is 1. The SMILES string of the molecule is CCOC(=O)C1CCN(CC(O)COc2ccc(Br)cc2)CC1. The Morgan fingerprint density at radius 3 is 2.61 bits per heavy atom. The summed E-state index contributed by atoms with van der Waals surface area (Å²) in [6.07, 6.45) is 1.04. The van der Waals surface area contributed by atoms with Crippen molar-refractivity contribution in [2.45, 2.75) is 25.9 Å². The van der Waals surface area contributed by atoms with Gasteiger partial charge in [-0.25, -0.2) is 0 Å². The second-order valence-corrected chi connectivity index (χ2v) is 6.66. The number of β-amino-alcohol motifs (C(OH)–C–C–N with tert-alkyl or cyclic N) is 1. The summed E-state index contributed by atoms with van der Waals surface area (Å²) >= 11 is 3.37. The fourth-order valence-corrected chi connectivity index (χ4v) is 2.95. The lowest BCUT2D eigenvalue weighted by Crippen LogP contribution is -2.42. The molecule has 5 nitrogen and oxygen atoms in total. The summed E-state index contributed by atoms with van der Waals surface area (Å²) in [7, 11) is 0. The highest BCUT2D eigenvalue weighted by atomic mass is 79.9. The van der Waals surface area contributed by atoms with Gasteiger partial charge in [0.25, 0.3) is 0 Å². The van der Waals surface area contributed by atoms with Crippen LogP contribution in [0.1, 0.15) is 19.8 Å². The highest BCUT2D eigenvalue weighted by Gasteiger charge is 2.26. The Labute approximate surface area is 145 Å². The molecule has 1 unspecified atom stereocenters. The second-order valence-electron chi connectivity index (χ2n) is 5.75. The number of carbonyl (C=O) groups is 1. The van der Waals surface area contributed by atoms with Crippen molar-refractivity contribution in [1.82, 2.24) is 4.90 Å². The maximum atomic E-state index is 11.7. The molecule has 1 heterocycles. The molecular formula is C17H24BrNO4. The maximum Gasteiger partial charge on any atom is 0.309 e.